The first-order chi connectivity index (χ1) is 15.8. The molecule has 0 spiro atoms. The van der Waals surface area contributed by atoms with E-state index in [0.717, 1.165) is 81.7 Å². The smallest absolute Gasteiger partial charge is 0.240 e. The van der Waals surface area contributed by atoms with Gasteiger partial charge in [-0.05, 0) is 50.5 Å². The van der Waals surface area contributed by atoms with Crippen LogP contribution in [0.4, 0.5) is 5.95 Å². The van der Waals surface area contributed by atoms with Gasteiger partial charge in [0.15, 0.2) is 5.16 Å². The predicted octanol–water partition coefficient (Wildman–Crippen LogP) is 3.90. The van der Waals surface area contributed by atoms with Crippen LogP contribution in [0.1, 0.15) is 55.8 Å². The second-order valence-corrected chi connectivity index (χ2v) is 10.1. The van der Waals surface area contributed by atoms with E-state index in [2.05, 4.69) is 31.8 Å². The normalized spacial score (nSPS) is 22.4. The maximum atomic E-state index is 13.6. The van der Waals surface area contributed by atoms with E-state index in [9.17, 15) is 4.79 Å². The molecular weight excluding hydrogens is 422 g/mol. The molecule has 8 heteroatoms. The molecule has 3 saturated heterocycles. The number of thioether (sulfide) groups is 1. The van der Waals surface area contributed by atoms with Crippen LogP contribution in [0, 0.1) is 0 Å². The Balaban J connectivity index is 1.44. The molecule has 7 nitrogen and oxygen atoms in total. The molecule has 0 N–H and O–H groups in total. The molecule has 4 heterocycles. The zero-order valence-electron chi connectivity index (χ0n) is 18.7. The van der Waals surface area contributed by atoms with Crippen molar-refractivity contribution < 1.29 is 9.53 Å². The van der Waals surface area contributed by atoms with Crippen LogP contribution >= 0.6 is 11.8 Å². The zero-order chi connectivity index (χ0) is 21.8. The molecule has 0 bridgehead atoms. The van der Waals surface area contributed by atoms with Crippen LogP contribution in [-0.2, 0) is 16.1 Å². The van der Waals surface area contributed by atoms with Gasteiger partial charge in [0, 0.05) is 32.8 Å². The van der Waals surface area contributed by atoms with E-state index < -0.39 is 0 Å². The third-order valence-electron chi connectivity index (χ3n) is 6.71. The van der Waals surface area contributed by atoms with Gasteiger partial charge in [0.25, 0.3) is 0 Å². The van der Waals surface area contributed by atoms with Crippen LogP contribution in [0.5, 0.6) is 0 Å². The first kappa shape index (κ1) is 21.8. The lowest BCUT2D eigenvalue weighted by atomic mass is 10.1. The summed E-state index contributed by atoms with van der Waals surface area (Å²) >= 11 is 1.55. The van der Waals surface area contributed by atoms with Gasteiger partial charge < -0.3 is 14.5 Å². The monoisotopic (exact) mass is 455 g/mol. The van der Waals surface area contributed by atoms with Gasteiger partial charge in [-0.2, -0.15) is 0 Å². The van der Waals surface area contributed by atoms with Gasteiger partial charge in [-0.25, -0.2) is 0 Å². The number of benzene rings is 1. The van der Waals surface area contributed by atoms with Crippen LogP contribution in [-0.4, -0.2) is 64.5 Å². The summed E-state index contributed by atoms with van der Waals surface area (Å²) in [5, 5.41) is 9.71. The van der Waals surface area contributed by atoms with E-state index in [1.165, 1.54) is 19.3 Å². The van der Waals surface area contributed by atoms with E-state index in [-0.39, 0.29) is 17.3 Å². The summed E-state index contributed by atoms with van der Waals surface area (Å²) in [5.41, 5.74) is 1.03. The number of aromatic nitrogens is 3. The molecule has 172 valence electrons. The lowest BCUT2D eigenvalue weighted by Crippen LogP contribution is -2.38. The van der Waals surface area contributed by atoms with Gasteiger partial charge >= 0.3 is 0 Å². The molecular formula is C24H33N5O2S. The molecule has 0 unspecified atom stereocenters. The highest BCUT2D eigenvalue weighted by Gasteiger charge is 2.32. The van der Waals surface area contributed by atoms with Crippen molar-refractivity contribution in [2.24, 2.45) is 0 Å². The summed E-state index contributed by atoms with van der Waals surface area (Å²) in [5.74, 6) is 1.12. The van der Waals surface area contributed by atoms with E-state index >= 15 is 0 Å². The molecule has 3 aliphatic heterocycles. The molecule has 5 rings (SSSR count). The number of carbonyl (C=O) groups excluding carboxylic acids is 1. The lowest BCUT2D eigenvalue weighted by Gasteiger charge is -2.30. The van der Waals surface area contributed by atoms with Crippen molar-refractivity contribution in [3.63, 3.8) is 0 Å². The van der Waals surface area contributed by atoms with Crippen molar-refractivity contribution in [3.05, 3.63) is 35.9 Å². The number of likely N-dealkylation sites (tertiary alicyclic amines) is 1. The molecule has 0 aliphatic carbocycles. The third-order valence-corrected chi connectivity index (χ3v) is 7.94. The summed E-state index contributed by atoms with van der Waals surface area (Å²) in [4.78, 5) is 18.0. The lowest BCUT2D eigenvalue weighted by molar-refractivity contribution is -0.131. The van der Waals surface area contributed by atoms with Crippen molar-refractivity contribution in [3.8, 4) is 0 Å². The Morgan fingerprint density at radius 1 is 1.00 bits per heavy atom. The van der Waals surface area contributed by atoms with E-state index in [1.54, 1.807) is 11.8 Å². The number of hydrogen-bond acceptors (Lipinski definition) is 6. The van der Waals surface area contributed by atoms with Crippen molar-refractivity contribution in [1.29, 1.82) is 0 Å². The molecule has 2 atom stereocenters. The number of ether oxygens (including phenoxy) is 1. The van der Waals surface area contributed by atoms with Crippen molar-refractivity contribution in [2.45, 2.75) is 68.0 Å². The number of rotatable bonds is 7. The standard InChI is InChI=1S/C24H33N5O2S/c30-22(27-13-5-2-6-14-27)21(19-10-3-1-4-11-19)32-24-26-25-23(28-15-7-8-16-28)29(24)18-20-12-9-17-31-20/h1,3-4,10-11,20-21H,2,5-9,12-18H2/t20-,21-/m1/s1. The SMILES string of the molecule is O=C([C@H](Sc1nnc(N2CCCC2)n1C[C@H]1CCCO1)c1ccccc1)N1CCCCC1. The quantitative estimate of drug-likeness (QED) is 0.590. The Morgan fingerprint density at radius 2 is 1.75 bits per heavy atom. The zero-order valence-corrected chi connectivity index (χ0v) is 19.5. The van der Waals surface area contributed by atoms with Crippen molar-refractivity contribution >= 4 is 23.6 Å². The van der Waals surface area contributed by atoms with Crippen molar-refractivity contribution in [2.75, 3.05) is 37.7 Å². The Labute approximate surface area is 194 Å². The maximum Gasteiger partial charge on any atom is 0.240 e. The summed E-state index contributed by atoms with van der Waals surface area (Å²) in [6.45, 7) is 5.32. The molecule has 1 amide bonds. The van der Waals surface area contributed by atoms with Crippen LogP contribution < -0.4 is 4.90 Å². The second kappa shape index (κ2) is 10.3. The van der Waals surface area contributed by atoms with Crippen LogP contribution in [0.25, 0.3) is 0 Å². The molecule has 2 aromatic rings. The minimum absolute atomic E-state index is 0.190. The highest BCUT2D eigenvalue weighted by molar-refractivity contribution is 8.00. The third kappa shape index (κ3) is 4.81. The van der Waals surface area contributed by atoms with E-state index in [4.69, 9.17) is 4.74 Å². The summed E-state index contributed by atoms with van der Waals surface area (Å²) in [7, 11) is 0. The molecule has 0 radical (unpaired) electrons. The highest BCUT2D eigenvalue weighted by atomic mass is 32.2. The minimum Gasteiger partial charge on any atom is -0.376 e. The summed E-state index contributed by atoms with van der Waals surface area (Å²) in [6.07, 6.45) is 8.13. The fourth-order valence-electron chi connectivity index (χ4n) is 4.95. The number of amides is 1. The van der Waals surface area contributed by atoms with Gasteiger partial charge in [-0.1, -0.05) is 42.1 Å². The van der Waals surface area contributed by atoms with Gasteiger partial charge in [-0.15, -0.1) is 10.2 Å². The van der Waals surface area contributed by atoms with Gasteiger partial charge in [-0.3, -0.25) is 9.36 Å². The molecule has 3 aliphatic rings. The predicted molar refractivity (Wildman–Crippen MR) is 126 cm³/mol. The summed E-state index contributed by atoms with van der Waals surface area (Å²) < 4.78 is 8.17. The number of piperidine rings is 1. The Morgan fingerprint density at radius 3 is 2.47 bits per heavy atom. The van der Waals surface area contributed by atoms with Gasteiger partial charge in [0.05, 0.1) is 12.6 Å². The fraction of sp³-hybridized carbons (Fsp3) is 0.625. The first-order valence-electron chi connectivity index (χ1n) is 12.1. The van der Waals surface area contributed by atoms with Gasteiger partial charge in [0.2, 0.25) is 11.9 Å². The largest absolute Gasteiger partial charge is 0.376 e. The average Bonchev–Trinajstić information content (AvgIpc) is 3.62. The van der Waals surface area contributed by atoms with Crippen molar-refractivity contribution in [1.82, 2.24) is 19.7 Å². The molecule has 32 heavy (non-hydrogen) atoms. The average molecular weight is 456 g/mol. The number of carbonyl (C=O) groups is 1. The molecule has 1 aromatic carbocycles. The van der Waals surface area contributed by atoms with Crippen LogP contribution in [0.15, 0.2) is 35.5 Å². The first-order valence-corrected chi connectivity index (χ1v) is 13.0. The maximum absolute atomic E-state index is 13.6. The molecule has 0 saturated carbocycles. The molecule has 3 fully saturated rings. The number of nitrogens with zero attached hydrogens (tertiary/aromatic N) is 5. The van der Waals surface area contributed by atoms with Crippen LogP contribution in [0.3, 0.4) is 0 Å². The number of hydrogen-bond donors (Lipinski definition) is 0. The molecule has 1 aromatic heterocycles. The fourth-order valence-corrected chi connectivity index (χ4v) is 6.07. The van der Waals surface area contributed by atoms with E-state index in [0.29, 0.717) is 0 Å². The Kier molecular flexibility index (Phi) is 6.97. The minimum atomic E-state index is -0.312. The topological polar surface area (TPSA) is 63.5 Å². The number of anilines is 1. The van der Waals surface area contributed by atoms with E-state index in [1.807, 2.05) is 23.1 Å². The summed E-state index contributed by atoms with van der Waals surface area (Å²) in [6, 6.07) is 10.1. The second-order valence-electron chi connectivity index (χ2n) is 9.02. The van der Waals surface area contributed by atoms with Gasteiger partial charge in [0.1, 0.15) is 5.25 Å². The Bertz CT molecular complexity index is 887. The highest BCUT2D eigenvalue weighted by Crippen LogP contribution is 2.38. The Hall–Kier alpha value is -2.06. The van der Waals surface area contributed by atoms with Crippen LogP contribution in [0.2, 0.25) is 0 Å².